The van der Waals surface area contributed by atoms with Gasteiger partial charge in [0.15, 0.2) is 17.2 Å². The first-order valence-corrected chi connectivity index (χ1v) is 9.55. The van der Waals surface area contributed by atoms with Crippen LogP contribution in [0.5, 0.6) is 5.75 Å². The average molecular weight is 453 g/mol. The summed E-state index contributed by atoms with van der Waals surface area (Å²) in [7, 11) is 1.20. The number of hydrogen-bond acceptors (Lipinski definition) is 5. The van der Waals surface area contributed by atoms with Crippen LogP contribution in [-0.2, 0) is 0 Å². The Hall–Kier alpha value is -3.14. The minimum absolute atomic E-state index is 0.156. The van der Waals surface area contributed by atoms with Crippen molar-refractivity contribution >= 4 is 22.8 Å². The van der Waals surface area contributed by atoms with Gasteiger partial charge < -0.3 is 9.84 Å². The summed E-state index contributed by atoms with van der Waals surface area (Å²) in [5.74, 6) is -2.31. The molecular formula is C22H20F5N3O2. The summed E-state index contributed by atoms with van der Waals surface area (Å²) in [5, 5.41) is 10.7. The lowest BCUT2D eigenvalue weighted by atomic mass is 9.86. The first-order valence-electron chi connectivity index (χ1n) is 9.55. The molecule has 1 aromatic heterocycles. The predicted molar refractivity (Wildman–Crippen MR) is 109 cm³/mol. The summed E-state index contributed by atoms with van der Waals surface area (Å²) in [5.41, 5.74) is -3.23. The molecule has 0 aliphatic carbocycles. The SMILES string of the molecule is COc1c(F)cccc1C(C)CC(O)(C=Nc1cc(F)cc2nc(C)ncc12)C(F)(F)F. The van der Waals surface area contributed by atoms with E-state index in [1.54, 1.807) is 6.92 Å². The van der Waals surface area contributed by atoms with E-state index in [2.05, 4.69) is 15.0 Å². The third kappa shape index (κ3) is 4.69. The zero-order valence-electron chi connectivity index (χ0n) is 17.4. The van der Waals surface area contributed by atoms with Crippen LogP contribution in [0.4, 0.5) is 27.6 Å². The molecule has 0 amide bonds. The van der Waals surface area contributed by atoms with Crippen LogP contribution >= 0.6 is 0 Å². The van der Waals surface area contributed by atoms with E-state index in [1.807, 2.05) is 0 Å². The number of methoxy groups -OCH3 is 1. The molecule has 0 aliphatic rings. The van der Waals surface area contributed by atoms with Crippen molar-refractivity contribution in [3.63, 3.8) is 0 Å². The number of aromatic nitrogens is 2. The van der Waals surface area contributed by atoms with Crippen LogP contribution in [0.25, 0.3) is 10.9 Å². The smallest absolute Gasteiger partial charge is 0.422 e. The van der Waals surface area contributed by atoms with E-state index in [-0.39, 0.29) is 27.9 Å². The number of para-hydroxylation sites is 1. The summed E-state index contributed by atoms with van der Waals surface area (Å²) >= 11 is 0. The van der Waals surface area contributed by atoms with Gasteiger partial charge in [0.1, 0.15) is 11.6 Å². The number of alkyl halides is 3. The molecule has 1 N–H and O–H groups in total. The van der Waals surface area contributed by atoms with Crippen LogP contribution < -0.4 is 4.74 Å². The van der Waals surface area contributed by atoms with Gasteiger partial charge >= 0.3 is 6.18 Å². The number of aliphatic hydroxyl groups is 1. The monoisotopic (exact) mass is 453 g/mol. The van der Waals surface area contributed by atoms with Crippen molar-refractivity contribution < 1.29 is 31.8 Å². The van der Waals surface area contributed by atoms with Crippen molar-refractivity contribution in [1.29, 1.82) is 0 Å². The Bertz CT molecular complexity index is 1160. The predicted octanol–water partition coefficient (Wildman–Crippen LogP) is 5.41. The Morgan fingerprint density at radius 2 is 1.94 bits per heavy atom. The number of ether oxygens (including phenoxy) is 1. The Morgan fingerprint density at radius 3 is 2.59 bits per heavy atom. The van der Waals surface area contributed by atoms with Gasteiger partial charge in [-0.25, -0.2) is 18.7 Å². The second-order valence-corrected chi connectivity index (χ2v) is 7.42. The maximum Gasteiger partial charge on any atom is 0.422 e. The van der Waals surface area contributed by atoms with Gasteiger partial charge in [0.05, 0.1) is 18.3 Å². The molecule has 2 aromatic carbocycles. The summed E-state index contributed by atoms with van der Waals surface area (Å²) in [6, 6.07) is 5.90. The molecule has 0 aliphatic heterocycles. The highest BCUT2D eigenvalue weighted by Gasteiger charge is 2.53. The van der Waals surface area contributed by atoms with E-state index in [4.69, 9.17) is 4.74 Å². The number of halogens is 5. The molecule has 5 nitrogen and oxygen atoms in total. The fourth-order valence-electron chi connectivity index (χ4n) is 3.41. The van der Waals surface area contributed by atoms with E-state index in [9.17, 15) is 27.1 Å². The highest BCUT2D eigenvalue weighted by Crippen LogP contribution is 2.40. The number of aryl methyl sites for hydroxylation is 1. The Balaban J connectivity index is 2.02. The van der Waals surface area contributed by atoms with Crippen LogP contribution in [0.3, 0.4) is 0 Å². The van der Waals surface area contributed by atoms with Crippen LogP contribution in [0.2, 0.25) is 0 Å². The first kappa shape index (κ1) is 23.5. The molecule has 0 spiro atoms. The van der Waals surface area contributed by atoms with E-state index >= 15 is 0 Å². The lowest BCUT2D eigenvalue weighted by Gasteiger charge is -2.30. The van der Waals surface area contributed by atoms with Gasteiger partial charge in [-0.2, -0.15) is 13.2 Å². The molecule has 2 atom stereocenters. The van der Waals surface area contributed by atoms with Crippen molar-refractivity contribution in [2.75, 3.05) is 7.11 Å². The second-order valence-electron chi connectivity index (χ2n) is 7.42. The average Bonchev–Trinajstić information content (AvgIpc) is 2.70. The zero-order chi connectivity index (χ0) is 23.7. The normalized spacial score (nSPS) is 15.2. The Labute approximate surface area is 180 Å². The summed E-state index contributed by atoms with van der Waals surface area (Å²) in [6.07, 6.45) is -4.34. The molecule has 2 unspecified atom stereocenters. The van der Waals surface area contributed by atoms with Gasteiger partial charge in [0.25, 0.3) is 0 Å². The van der Waals surface area contributed by atoms with E-state index in [0.717, 1.165) is 18.2 Å². The van der Waals surface area contributed by atoms with Gasteiger partial charge in [-0.1, -0.05) is 19.1 Å². The molecule has 0 fully saturated rings. The molecule has 3 aromatic rings. The number of rotatable bonds is 6. The van der Waals surface area contributed by atoms with Crippen LogP contribution in [0, 0.1) is 18.6 Å². The summed E-state index contributed by atoms with van der Waals surface area (Å²) < 4.78 is 74.5. The largest absolute Gasteiger partial charge is 0.493 e. The fourth-order valence-corrected chi connectivity index (χ4v) is 3.41. The molecular weight excluding hydrogens is 433 g/mol. The zero-order valence-corrected chi connectivity index (χ0v) is 17.4. The van der Waals surface area contributed by atoms with Crippen molar-refractivity contribution in [3.8, 4) is 5.75 Å². The van der Waals surface area contributed by atoms with Gasteiger partial charge in [-0.15, -0.1) is 0 Å². The highest BCUT2D eigenvalue weighted by atomic mass is 19.4. The number of aliphatic imine (C=N–C) groups is 1. The molecule has 1 heterocycles. The van der Waals surface area contributed by atoms with Crippen molar-refractivity contribution in [2.24, 2.45) is 4.99 Å². The van der Waals surface area contributed by atoms with E-state index in [1.165, 1.54) is 32.4 Å². The highest BCUT2D eigenvalue weighted by molar-refractivity contribution is 5.91. The molecule has 0 radical (unpaired) electrons. The van der Waals surface area contributed by atoms with Crippen LogP contribution in [-0.4, -0.2) is 40.2 Å². The minimum atomic E-state index is -5.11. The van der Waals surface area contributed by atoms with Gasteiger partial charge in [0.2, 0.25) is 0 Å². The van der Waals surface area contributed by atoms with Gasteiger partial charge in [0, 0.05) is 35.5 Å². The number of fused-ring (bicyclic) bond motifs is 1. The van der Waals surface area contributed by atoms with Crippen molar-refractivity contribution in [3.05, 3.63) is 59.6 Å². The topological polar surface area (TPSA) is 67.6 Å². The van der Waals surface area contributed by atoms with Crippen LogP contribution in [0.1, 0.15) is 30.7 Å². The lowest BCUT2D eigenvalue weighted by molar-refractivity contribution is -0.231. The minimum Gasteiger partial charge on any atom is -0.493 e. The van der Waals surface area contributed by atoms with Crippen molar-refractivity contribution in [1.82, 2.24) is 9.97 Å². The maximum absolute atomic E-state index is 14.0. The maximum atomic E-state index is 14.0. The quantitative estimate of drug-likeness (QED) is 0.400. The molecule has 0 saturated carbocycles. The van der Waals surface area contributed by atoms with E-state index in [0.29, 0.717) is 12.0 Å². The third-order valence-electron chi connectivity index (χ3n) is 5.02. The Kier molecular flexibility index (Phi) is 6.45. The number of benzene rings is 2. The first-order chi connectivity index (χ1) is 14.9. The van der Waals surface area contributed by atoms with Crippen LogP contribution in [0.15, 0.2) is 41.5 Å². The molecule has 170 valence electrons. The van der Waals surface area contributed by atoms with Crippen molar-refractivity contribution in [2.45, 2.75) is 38.0 Å². The standard InChI is InChI=1S/C22H20F5N3O2/c1-12(15-5-4-6-17(24)20(15)32-3)9-21(31,22(25,26)27)11-29-18-7-14(23)8-19-16(18)10-28-13(2)30-19/h4-8,10-12,31H,9H2,1-3H3. The third-order valence-corrected chi connectivity index (χ3v) is 5.02. The second kappa shape index (κ2) is 8.78. The lowest BCUT2D eigenvalue weighted by Crippen LogP contribution is -2.47. The molecule has 3 rings (SSSR count). The number of hydrogen-bond donors (Lipinski definition) is 1. The molecule has 10 heteroatoms. The number of nitrogens with zero attached hydrogens (tertiary/aromatic N) is 3. The molecule has 32 heavy (non-hydrogen) atoms. The van der Waals surface area contributed by atoms with Gasteiger partial charge in [-0.05, 0) is 25.3 Å². The van der Waals surface area contributed by atoms with Gasteiger partial charge in [-0.3, -0.25) is 4.99 Å². The van der Waals surface area contributed by atoms with E-state index < -0.39 is 35.8 Å². The Morgan fingerprint density at radius 1 is 1.22 bits per heavy atom. The molecule has 0 saturated heterocycles. The molecule has 0 bridgehead atoms. The summed E-state index contributed by atoms with van der Waals surface area (Å²) in [4.78, 5) is 11.8. The summed E-state index contributed by atoms with van der Waals surface area (Å²) in [6.45, 7) is 2.98. The fraction of sp³-hybridized carbons (Fsp3) is 0.318.